The highest BCUT2D eigenvalue weighted by molar-refractivity contribution is 5.92. The molecule has 6 atom stereocenters. The maximum Gasteiger partial charge on any atom is 0.408 e. The van der Waals surface area contributed by atoms with Crippen LogP contribution in [0.15, 0.2) is 30.5 Å². The summed E-state index contributed by atoms with van der Waals surface area (Å²) in [7, 11) is 1.23. The number of carbonyl (C=O) groups excluding carboxylic acids is 5. The second-order valence-corrected chi connectivity index (χ2v) is 14.4. The van der Waals surface area contributed by atoms with Gasteiger partial charge in [-0.3, -0.25) is 14.4 Å². The van der Waals surface area contributed by atoms with Crippen LogP contribution in [0.2, 0.25) is 0 Å². The summed E-state index contributed by atoms with van der Waals surface area (Å²) < 4.78 is 36.2. The maximum atomic E-state index is 13.6. The van der Waals surface area contributed by atoms with Crippen molar-refractivity contribution in [2.45, 2.75) is 116 Å². The van der Waals surface area contributed by atoms with E-state index in [1.807, 2.05) is 48.9 Å². The summed E-state index contributed by atoms with van der Waals surface area (Å²) in [6.45, 7) is 13.4. The number of methoxy groups -OCH3 is 1. The minimum absolute atomic E-state index is 0.00564. The first-order valence-electron chi connectivity index (χ1n) is 16.7. The normalized spacial score (nSPS) is 22.4. The molecular formula is C35H50N4O11. The fraction of sp³-hybridized carbons (Fsp3) is 0.629. The Hall–Kier alpha value is -4.21. The number of alkyl carbamates (subject to hydrolysis) is 1. The van der Waals surface area contributed by atoms with E-state index in [0.717, 1.165) is 10.9 Å². The number of benzene rings is 1. The molecule has 1 aromatic heterocycles. The third-order valence-electron chi connectivity index (χ3n) is 8.05. The average molecular weight is 703 g/mol. The zero-order chi connectivity index (χ0) is 37.0. The summed E-state index contributed by atoms with van der Waals surface area (Å²) in [6, 6.07) is 5.42. The first kappa shape index (κ1) is 38.6. The quantitative estimate of drug-likeness (QED) is 0.206. The highest BCUT2D eigenvalue weighted by Crippen LogP contribution is 2.44. The van der Waals surface area contributed by atoms with Gasteiger partial charge in [-0.05, 0) is 58.6 Å². The number of aromatic nitrogens is 1. The van der Waals surface area contributed by atoms with Crippen LogP contribution in [0.1, 0.15) is 73.6 Å². The van der Waals surface area contributed by atoms with Crippen LogP contribution in [-0.4, -0.2) is 96.5 Å². The average Bonchev–Trinajstić information content (AvgIpc) is 3.64. The number of nitrogens with zero attached hydrogens (tertiary/aromatic N) is 1. The van der Waals surface area contributed by atoms with E-state index in [4.69, 9.17) is 28.4 Å². The number of para-hydroxylation sites is 1. The molecule has 1 unspecified atom stereocenters. The Morgan fingerprint density at radius 3 is 2.32 bits per heavy atom. The van der Waals surface area contributed by atoms with Crippen molar-refractivity contribution in [3.63, 3.8) is 0 Å². The Labute approximate surface area is 292 Å². The van der Waals surface area contributed by atoms with E-state index >= 15 is 0 Å². The number of hydrogen-bond acceptors (Lipinski definition) is 11. The molecule has 276 valence electrons. The van der Waals surface area contributed by atoms with E-state index in [2.05, 4.69) is 16.0 Å². The number of rotatable bonds is 13. The van der Waals surface area contributed by atoms with Gasteiger partial charge in [0.25, 0.3) is 0 Å². The van der Waals surface area contributed by atoms with Crippen molar-refractivity contribution in [1.82, 2.24) is 20.5 Å². The Kier molecular flexibility index (Phi) is 12.2. The van der Waals surface area contributed by atoms with Gasteiger partial charge in [-0.15, -0.1) is 0 Å². The highest BCUT2D eigenvalue weighted by atomic mass is 16.8. The minimum Gasteiger partial charge on any atom is -0.467 e. The zero-order valence-electron chi connectivity index (χ0n) is 30.2. The lowest BCUT2D eigenvalue weighted by atomic mass is 10.0. The second-order valence-electron chi connectivity index (χ2n) is 14.4. The molecule has 3 amide bonds. The zero-order valence-corrected chi connectivity index (χ0v) is 30.2. The van der Waals surface area contributed by atoms with Crippen molar-refractivity contribution < 1.29 is 52.4 Å². The van der Waals surface area contributed by atoms with Crippen LogP contribution >= 0.6 is 0 Å². The molecule has 4 rings (SSSR count). The molecule has 0 radical (unpaired) electrons. The minimum atomic E-state index is -1.11. The van der Waals surface area contributed by atoms with E-state index < -0.39 is 84.4 Å². The van der Waals surface area contributed by atoms with Crippen molar-refractivity contribution in [3.8, 4) is 0 Å². The molecule has 3 N–H and O–H groups in total. The molecule has 2 aliphatic heterocycles. The molecule has 50 heavy (non-hydrogen) atoms. The fourth-order valence-electron chi connectivity index (χ4n) is 6.11. The second kappa shape index (κ2) is 15.8. The predicted octanol–water partition coefficient (Wildman–Crippen LogP) is 2.88. The number of amides is 3. The summed E-state index contributed by atoms with van der Waals surface area (Å²) >= 11 is 0. The van der Waals surface area contributed by atoms with E-state index in [1.165, 1.54) is 14.0 Å². The van der Waals surface area contributed by atoms with Crippen LogP contribution in [0, 0.1) is 5.92 Å². The predicted molar refractivity (Wildman–Crippen MR) is 180 cm³/mol. The van der Waals surface area contributed by atoms with Crippen molar-refractivity contribution in [3.05, 3.63) is 36.0 Å². The number of nitrogens with one attached hydrogen (secondary N) is 3. The van der Waals surface area contributed by atoms with Crippen LogP contribution in [0.4, 0.5) is 4.79 Å². The molecule has 2 aliphatic rings. The van der Waals surface area contributed by atoms with Gasteiger partial charge in [0.2, 0.25) is 11.8 Å². The molecule has 1 aromatic carbocycles. The third-order valence-corrected chi connectivity index (χ3v) is 8.05. The Morgan fingerprint density at radius 1 is 1.00 bits per heavy atom. The topological polar surface area (TPSA) is 182 Å². The molecule has 2 aromatic rings. The first-order chi connectivity index (χ1) is 23.4. The van der Waals surface area contributed by atoms with Crippen LogP contribution in [0.25, 0.3) is 10.9 Å². The van der Waals surface area contributed by atoms with Crippen molar-refractivity contribution in [1.29, 1.82) is 0 Å². The molecule has 0 bridgehead atoms. The van der Waals surface area contributed by atoms with Gasteiger partial charge in [0.1, 0.15) is 49.1 Å². The standard InChI is InChI=1S/C35H50N4O11/c1-19(2)14-23(37-27(41)16-36-33(44)50-34(4,5)6)30(42)38-24(32(43)45-9)15-21-17-39(25-13-11-10-12-22(21)25)31-29-28(48-35(7,8)49-29)26(47-31)18-46-20(3)40/h10-13,17,19,23-24,26,28-29,31H,14-16,18H2,1-9H3,(H,36,44)(H,37,41)(H,38,42)/t23-,24-,26+,28+,29+,31?/m0/s1. The lowest BCUT2D eigenvalue weighted by Crippen LogP contribution is -2.54. The van der Waals surface area contributed by atoms with Gasteiger partial charge in [0.05, 0.1) is 12.6 Å². The van der Waals surface area contributed by atoms with Gasteiger partial charge in [-0.25, -0.2) is 9.59 Å². The number of ether oxygens (including phenoxy) is 6. The van der Waals surface area contributed by atoms with Crippen LogP contribution < -0.4 is 16.0 Å². The van der Waals surface area contributed by atoms with Gasteiger partial charge in [-0.2, -0.15) is 0 Å². The number of hydrogen-bond donors (Lipinski definition) is 3. The van der Waals surface area contributed by atoms with E-state index in [0.29, 0.717) is 5.56 Å². The summed E-state index contributed by atoms with van der Waals surface area (Å²) in [5.41, 5.74) is 0.750. The van der Waals surface area contributed by atoms with Gasteiger partial charge in [0, 0.05) is 24.9 Å². The van der Waals surface area contributed by atoms with E-state index in [1.54, 1.807) is 34.6 Å². The summed E-state index contributed by atoms with van der Waals surface area (Å²) in [5.74, 6) is -3.19. The summed E-state index contributed by atoms with van der Waals surface area (Å²) in [4.78, 5) is 63.1. The third kappa shape index (κ3) is 9.94. The highest BCUT2D eigenvalue weighted by Gasteiger charge is 2.56. The molecule has 2 fully saturated rings. The van der Waals surface area contributed by atoms with Gasteiger partial charge >= 0.3 is 18.0 Å². The lowest BCUT2D eigenvalue weighted by molar-refractivity contribution is -0.201. The van der Waals surface area contributed by atoms with Gasteiger partial charge in [0.15, 0.2) is 12.0 Å². The summed E-state index contributed by atoms with van der Waals surface area (Å²) in [6.07, 6.45) is -0.893. The maximum absolute atomic E-state index is 13.6. The monoisotopic (exact) mass is 702 g/mol. The smallest absolute Gasteiger partial charge is 0.408 e. The van der Waals surface area contributed by atoms with Crippen molar-refractivity contribution >= 4 is 40.7 Å². The van der Waals surface area contributed by atoms with Crippen molar-refractivity contribution in [2.75, 3.05) is 20.3 Å². The largest absolute Gasteiger partial charge is 0.467 e. The van der Waals surface area contributed by atoms with Crippen LogP contribution in [0.3, 0.4) is 0 Å². The Morgan fingerprint density at radius 2 is 1.68 bits per heavy atom. The first-order valence-corrected chi connectivity index (χ1v) is 16.7. The molecule has 3 heterocycles. The Balaban J connectivity index is 1.55. The molecule has 0 spiro atoms. The number of carbonyl (C=O) groups is 5. The molecule has 0 aliphatic carbocycles. The SMILES string of the molecule is COC(=O)[C@H](Cc1cn(C2O[C@H](COC(C)=O)[C@H]3OC(C)(C)O[C@@H]23)c2ccccc12)NC(=O)[C@H](CC(C)C)NC(=O)CNC(=O)OC(C)(C)C. The molecular weight excluding hydrogens is 652 g/mol. The van der Waals surface area contributed by atoms with Gasteiger partial charge in [-0.1, -0.05) is 32.0 Å². The van der Waals surface area contributed by atoms with E-state index in [-0.39, 0.29) is 25.4 Å². The molecule has 15 nitrogen and oxygen atoms in total. The van der Waals surface area contributed by atoms with Crippen LogP contribution in [-0.2, 0) is 54.0 Å². The Bertz CT molecular complexity index is 1560. The molecule has 15 heteroatoms. The molecule has 2 saturated heterocycles. The van der Waals surface area contributed by atoms with Crippen LogP contribution in [0.5, 0.6) is 0 Å². The fourth-order valence-corrected chi connectivity index (χ4v) is 6.11. The number of fused-ring (bicyclic) bond motifs is 2. The van der Waals surface area contributed by atoms with Gasteiger partial charge < -0.3 is 48.9 Å². The van der Waals surface area contributed by atoms with E-state index in [9.17, 15) is 24.0 Å². The number of esters is 2. The lowest BCUT2D eigenvalue weighted by Gasteiger charge is -2.25. The molecule has 0 saturated carbocycles. The van der Waals surface area contributed by atoms with Crippen molar-refractivity contribution in [2.24, 2.45) is 5.92 Å². The summed E-state index contributed by atoms with van der Waals surface area (Å²) in [5, 5.41) is 8.62.